The number of nitrogens with zero attached hydrogens (tertiary/aromatic N) is 1. The van der Waals surface area contributed by atoms with Crippen LogP contribution in [0.25, 0.3) is 21.2 Å². The van der Waals surface area contributed by atoms with Crippen LogP contribution in [0, 0.1) is 11.3 Å². The number of ether oxygens (including phenoxy) is 1. The number of benzene rings is 3. The summed E-state index contributed by atoms with van der Waals surface area (Å²) in [7, 11) is 0. The van der Waals surface area contributed by atoms with E-state index in [1.807, 2.05) is 49.4 Å². The van der Waals surface area contributed by atoms with Gasteiger partial charge >= 0.3 is 5.97 Å². The molecular weight excluding hydrogens is 378 g/mol. The van der Waals surface area contributed by atoms with Gasteiger partial charge < -0.3 is 4.74 Å². The molecule has 0 bridgehead atoms. The molecule has 0 unspecified atom stereocenters. The van der Waals surface area contributed by atoms with Crippen molar-refractivity contribution in [2.75, 3.05) is 6.61 Å². The highest BCUT2D eigenvalue weighted by atomic mass is 32.1. The Morgan fingerprint density at radius 3 is 2.69 bits per heavy atom. The van der Waals surface area contributed by atoms with Crippen LogP contribution in [-0.2, 0) is 11.2 Å². The number of thiophene rings is 1. The van der Waals surface area contributed by atoms with Gasteiger partial charge in [0.05, 0.1) is 23.8 Å². The molecule has 0 fully saturated rings. The maximum atomic E-state index is 12.1. The van der Waals surface area contributed by atoms with E-state index in [1.165, 1.54) is 15.0 Å². The third-order valence-corrected chi connectivity index (χ3v) is 5.90. The van der Waals surface area contributed by atoms with E-state index in [9.17, 15) is 4.79 Å². The Balaban J connectivity index is 1.71. The zero-order valence-corrected chi connectivity index (χ0v) is 16.8. The smallest absolute Gasteiger partial charge is 0.338 e. The van der Waals surface area contributed by atoms with Gasteiger partial charge in [-0.1, -0.05) is 42.5 Å². The first-order valence-electron chi connectivity index (χ1n) is 9.46. The lowest BCUT2D eigenvalue weighted by Crippen LogP contribution is -2.04. The van der Waals surface area contributed by atoms with Crippen molar-refractivity contribution in [3.8, 4) is 17.2 Å². The standard InChI is InChI=1S/C25H19NO2S/c1-2-28-25(27)21-10-4-8-19(14-21)23-11-5-9-20-15-22(29-24(20)23)13-17-6-3-7-18(12-17)16-26/h3-12,14-15H,2,13H2,1H3. The van der Waals surface area contributed by atoms with Gasteiger partial charge in [-0.05, 0) is 59.3 Å². The van der Waals surface area contributed by atoms with Gasteiger partial charge in [0, 0.05) is 16.0 Å². The largest absolute Gasteiger partial charge is 0.462 e. The number of rotatable bonds is 5. The fraction of sp³-hybridized carbons (Fsp3) is 0.120. The summed E-state index contributed by atoms with van der Waals surface area (Å²) >= 11 is 1.75. The minimum absolute atomic E-state index is 0.300. The first-order valence-corrected chi connectivity index (χ1v) is 10.3. The summed E-state index contributed by atoms with van der Waals surface area (Å²) in [6, 6.07) is 26.0. The molecule has 0 amide bonds. The van der Waals surface area contributed by atoms with Crippen LogP contribution in [-0.4, -0.2) is 12.6 Å². The molecule has 3 nitrogen and oxygen atoms in total. The van der Waals surface area contributed by atoms with E-state index < -0.39 is 0 Å². The molecule has 0 radical (unpaired) electrons. The Morgan fingerprint density at radius 1 is 1.03 bits per heavy atom. The van der Waals surface area contributed by atoms with Crippen LogP contribution in [0.2, 0.25) is 0 Å². The molecule has 1 aromatic heterocycles. The summed E-state index contributed by atoms with van der Waals surface area (Å²) in [6.45, 7) is 2.17. The molecule has 0 aliphatic heterocycles. The van der Waals surface area contributed by atoms with E-state index in [1.54, 1.807) is 17.4 Å². The second-order valence-electron chi connectivity index (χ2n) is 6.73. The summed E-state index contributed by atoms with van der Waals surface area (Å²) in [6.07, 6.45) is 0.789. The number of nitriles is 1. The highest BCUT2D eigenvalue weighted by molar-refractivity contribution is 7.19. The molecule has 142 valence electrons. The topological polar surface area (TPSA) is 50.1 Å². The van der Waals surface area contributed by atoms with Gasteiger partial charge in [-0.15, -0.1) is 11.3 Å². The van der Waals surface area contributed by atoms with Gasteiger partial charge in [0.15, 0.2) is 0 Å². The van der Waals surface area contributed by atoms with Crippen LogP contribution in [0.4, 0.5) is 0 Å². The molecule has 0 atom stereocenters. The number of carbonyl (C=O) groups excluding carboxylic acids is 1. The van der Waals surface area contributed by atoms with Crippen molar-refractivity contribution in [1.29, 1.82) is 5.26 Å². The van der Waals surface area contributed by atoms with Crippen LogP contribution in [0.3, 0.4) is 0 Å². The van der Waals surface area contributed by atoms with Gasteiger partial charge in [0.1, 0.15) is 0 Å². The Hall–Kier alpha value is -3.42. The summed E-state index contributed by atoms with van der Waals surface area (Å²) in [4.78, 5) is 13.3. The molecule has 4 heteroatoms. The van der Waals surface area contributed by atoms with Crippen LogP contribution < -0.4 is 0 Å². The quantitative estimate of drug-likeness (QED) is 0.376. The van der Waals surface area contributed by atoms with E-state index in [4.69, 9.17) is 10.00 Å². The minimum Gasteiger partial charge on any atom is -0.462 e. The third-order valence-electron chi connectivity index (χ3n) is 4.71. The number of hydrogen-bond acceptors (Lipinski definition) is 4. The molecule has 29 heavy (non-hydrogen) atoms. The lowest BCUT2D eigenvalue weighted by molar-refractivity contribution is 0.0526. The van der Waals surface area contributed by atoms with Gasteiger partial charge in [0.25, 0.3) is 0 Å². The van der Waals surface area contributed by atoms with Crippen LogP contribution in [0.5, 0.6) is 0 Å². The predicted molar refractivity (Wildman–Crippen MR) is 117 cm³/mol. The minimum atomic E-state index is -0.300. The number of esters is 1. The molecule has 0 aliphatic carbocycles. The Bertz CT molecular complexity index is 1230. The molecule has 0 saturated heterocycles. The SMILES string of the molecule is CCOC(=O)c1cccc(-c2cccc3cc(Cc4cccc(C#N)c4)sc23)c1. The summed E-state index contributed by atoms with van der Waals surface area (Å²) in [5.41, 5.74) is 4.48. The molecule has 0 spiro atoms. The van der Waals surface area contributed by atoms with Crippen molar-refractivity contribution in [3.05, 3.63) is 94.4 Å². The maximum Gasteiger partial charge on any atom is 0.338 e. The number of fused-ring (bicyclic) bond motifs is 1. The second kappa shape index (κ2) is 8.30. The van der Waals surface area contributed by atoms with Crippen molar-refractivity contribution in [3.63, 3.8) is 0 Å². The molecule has 4 rings (SSSR count). The van der Waals surface area contributed by atoms with Crippen molar-refractivity contribution in [2.24, 2.45) is 0 Å². The van der Waals surface area contributed by atoms with Crippen molar-refractivity contribution in [2.45, 2.75) is 13.3 Å². The van der Waals surface area contributed by atoms with Gasteiger partial charge in [-0.25, -0.2) is 4.79 Å². The van der Waals surface area contributed by atoms with Crippen molar-refractivity contribution in [1.82, 2.24) is 0 Å². The third kappa shape index (κ3) is 4.06. The zero-order valence-electron chi connectivity index (χ0n) is 16.0. The summed E-state index contributed by atoms with van der Waals surface area (Å²) < 4.78 is 6.33. The lowest BCUT2D eigenvalue weighted by atomic mass is 10.0. The highest BCUT2D eigenvalue weighted by Crippen LogP contribution is 2.36. The zero-order chi connectivity index (χ0) is 20.2. The van der Waals surface area contributed by atoms with Crippen LogP contribution in [0.1, 0.15) is 33.3 Å². The number of hydrogen-bond donors (Lipinski definition) is 0. The fourth-order valence-electron chi connectivity index (χ4n) is 3.41. The lowest BCUT2D eigenvalue weighted by Gasteiger charge is -2.06. The summed E-state index contributed by atoms with van der Waals surface area (Å²) in [5.74, 6) is -0.300. The second-order valence-corrected chi connectivity index (χ2v) is 7.86. The Labute approximate surface area is 173 Å². The molecule has 0 N–H and O–H groups in total. The average molecular weight is 397 g/mol. The predicted octanol–water partition coefficient (Wildman–Crippen LogP) is 6.21. The first-order chi connectivity index (χ1) is 14.2. The highest BCUT2D eigenvalue weighted by Gasteiger charge is 2.12. The van der Waals surface area contributed by atoms with Gasteiger partial charge in [-0.2, -0.15) is 5.26 Å². The Morgan fingerprint density at radius 2 is 1.86 bits per heavy atom. The van der Waals surface area contributed by atoms with E-state index in [2.05, 4.69) is 30.3 Å². The molecule has 0 saturated carbocycles. The van der Waals surface area contributed by atoms with Crippen molar-refractivity contribution >= 4 is 27.4 Å². The monoisotopic (exact) mass is 397 g/mol. The van der Waals surface area contributed by atoms with Gasteiger partial charge in [-0.3, -0.25) is 0 Å². The summed E-state index contributed by atoms with van der Waals surface area (Å²) in [5, 5.41) is 10.3. The molecule has 4 aromatic rings. The van der Waals surface area contributed by atoms with E-state index >= 15 is 0 Å². The van der Waals surface area contributed by atoms with Crippen LogP contribution >= 0.6 is 11.3 Å². The number of carbonyl (C=O) groups is 1. The first kappa shape index (κ1) is 18.9. The Kier molecular flexibility index (Phi) is 5.41. The van der Waals surface area contributed by atoms with Gasteiger partial charge in [0.2, 0.25) is 0 Å². The molecule has 3 aromatic carbocycles. The van der Waals surface area contributed by atoms with E-state index in [-0.39, 0.29) is 5.97 Å². The van der Waals surface area contributed by atoms with Crippen LogP contribution in [0.15, 0.2) is 72.8 Å². The molecule has 0 aliphatic rings. The molecular formula is C25H19NO2S. The van der Waals surface area contributed by atoms with E-state index in [0.717, 1.165) is 23.1 Å². The normalized spacial score (nSPS) is 10.6. The van der Waals surface area contributed by atoms with Crippen molar-refractivity contribution < 1.29 is 9.53 Å². The van der Waals surface area contributed by atoms with E-state index in [0.29, 0.717) is 17.7 Å². The average Bonchev–Trinajstić information content (AvgIpc) is 3.16. The molecule has 1 heterocycles. The fourth-order valence-corrected chi connectivity index (χ4v) is 4.64. The maximum absolute atomic E-state index is 12.1.